The molecule has 0 saturated carbocycles. The van der Waals surface area contributed by atoms with Gasteiger partial charge in [-0.05, 0) is 35.4 Å². The fourth-order valence-electron chi connectivity index (χ4n) is 3.22. The molecule has 0 saturated heterocycles. The van der Waals surface area contributed by atoms with Crippen LogP contribution < -0.4 is 10.2 Å². The summed E-state index contributed by atoms with van der Waals surface area (Å²) >= 11 is 0. The second-order valence-corrected chi connectivity index (χ2v) is 9.43. The lowest BCUT2D eigenvalue weighted by atomic mass is 10.1. The molecule has 3 aromatic rings. The van der Waals surface area contributed by atoms with Crippen LogP contribution in [0.15, 0.2) is 89.8 Å². The zero-order valence-corrected chi connectivity index (χ0v) is 18.0. The van der Waals surface area contributed by atoms with Crippen LogP contribution in [0.4, 0.5) is 5.69 Å². The Morgan fingerprint density at radius 1 is 0.867 bits per heavy atom. The van der Waals surface area contributed by atoms with Crippen molar-refractivity contribution in [2.45, 2.75) is 16.6 Å². The highest BCUT2D eigenvalue weighted by Gasteiger charge is 2.29. The van der Waals surface area contributed by atoms with Gasteiger partial charge in [0, 0.05) is 26.3 Å². The van der Waals surface area contributed by atoms with Crippen LogP contribution in [-0.2, 0) is 21.1 Å². The van der Waals surface area contributed by atoms with Crippen molar-refractivity contribution in [3.8, 4) is 0 Å². The summed E-state index contributed by atoms with van der Waals surface area (Å²) in [5.74, 6) is -0.209. The zero-order valence-electron chi connectivity index (χ0n) is 17.2. The molecule has 1 amide bonds. The minimum atomic E-state index is -3.68. The third-order valence-electron chi connectivity index (χ3n) is 4.92. The van der Waals surface area contributed by atoms with Crippen LogP contribution in [0.2, 0.25) is 0 Å². The van der Waals surface area contributed by atoms with Gasteiger partial charge in [-0.2, -0.15) is 0 Å². The van der Waals surface area contributed by atoms with Gasteiger partial charge < -0.3 is 10.2 Å². The van der Waals surface area contributed by atoms with Crippen molar-refractivity contribution < 1.29 is 13.2 Å². The van der Waals surface area contributed by atoms with E-state index in [4.69, 9.17) is 0 Å². The molecule has 5 nitrogen and oxygen atoms in total. The third kappa shape index (κ3) is 5.27. The maximum absolute atomic E-state index is 13.4. The quantitative estimate of drug-likeness (QED) is 0.602. The van der Waals surface area contributed by atoms with Crippen molar-refractivity contribution in [1.29, 1.82) is 0 Å². The van der Waals surface area contributed by atoms with Gasteiger partial charge in [0.1, 0.15) is 5.25 Å². The van der Waals surface area contributed by atoms with Crippen LogP contribution in [0, 0.1) is 0 Å². The molecule has 1 N–H and O–H groups in total. The van der Waals surface area contributed by atoms with Crippen molar-refractivity contribution in [2.24, 2.45) is 0 Å². The highest BCUT2D eigenvalue weighted by molar-refractivity contribution is 7.91. The average Bonchev–Trinajstić information content (AvgIpc) is 2.75. The molecular formula is C24H26N2O3S. The number of nitrogens with one attached hydrogen (secondary N) is 1. The first-order chi connectivity index (χ1) is 14.4. The monoisotopic (exact) mass is 422 g/mol. The van der Waals surface area contributed by atoms with E-state index in [1.165, 1.54) is 0 Å². The number of hydrogen-bond acceptors (Lipinski definition) is 4. The van der Waals surface area contributed by atoms with Gasteiger partial charge >= 0.3 is 0 Å². The first kappa shape index (κ1) is 21.6. The van der Waals surface area contributed by atoms with Gasteiger partial charge in [0.15, 0.2) is 9.84 Å². The summed E-state index contributed by atoms with van der Waals surface area (Å²) in [7, 11) is 0.171. The van der Waals surface area contributed by atoms with E-state index in [0.29, 0.717) is 5.56 Å². The Labute approximate surface area is 178 Å². The Balaban J connectivity index is 1.85. The number of rotatable bonds is 8. The summed E-state index contributed by atoms with van der Waals surface area (Å²) in [6.07, 6.45) is 0.207. The van der Waals surface area contributed by atoms with Crippen LogP contribution >= 0.6 is 0 Å². The fraction of sp³-hybridized carbons (Fsp3) is 0.208. The van der Waals surface area contributed by atoms with Gasteiger partial charge in [0.05, 0.1) is 11.3 Å². The Morgan fingerprint density at radius 3 is 2.00 bits per heavy atom. The lowest BCUT2D eigenvalue weighted by Gasteiger charge is -2.20. The Morgan fingerprint density at radius 2 is 1.43 bits per heavy atom. The van der Waals surface area contributed by atoms with E-state index in [2.05, 4.69) is 5.32 Å². The lowest BCUT2D eigenvalue weighted by Crippen LogP contribution is -2.33. The van der Waals surface area contributed by atoms with Gasteiger partial charge in [-0.1, -0.05) is 60.7 Å². The number of anilines is 1. The molecule has 0 aromatic heterocycles. The van der Waals surface area contributed by atoms with E-state index < -0.39 is 15.1 Å². The standard InChI is InChI=1S/C24H26N2O3S/c1-26(2)21-15-13-20(14-16-21)23(30(28,29)22-11-7-4-8-12-22)18-25-24(27)17-19-9-5-3-6-10-19/h3-16,23H,17-18H2,1-2H3,(H,25,27)/t23-/m0/s1. The molecule has 0 aliphatic rings. The molecule has 0 bridgehead atoms. The van der Waals surface area contributed by atoms with E-state index in [9.17, 15) is 13.2 Å². The predicted octanol–water partition coefficient (Wildman–Crippen LogP) is 3.63. The molecule has 0 unspecified atom stereocenters. The molecule has 3 aromatic carbocycles. The number of nitrogens with zero attached hydrogens (tertiary/aromatic N) is 1. The first-order valence-electron chi connectivity index (χ1n) is 9.75. The van der Waals surface area contributed by atoms with Crippen LogP contribution in [0.1, 0.15) is 16.4 Å². The van der Waals surface area contributed by atoms with Gasteiger partial charge in [-0.25, -0.2) is 8.42 Å². The van der Waals surface area contributed by atoms with Gasteiger partial charge in [-0.3, -0.25) is 4.79 Å². The SMILES string of the molecule is CN(C)c1ccc([C@H](CNC(=O)Cc2ccccc2)S(=O)(=O)c2ccccc2)cc1. The molecule has 156 valence electrons. The third-order valence-corrected chi connectivity index (χ3v) is 7.04. The van der Waals surface area contributed by atoms with Crippen molar-refractivity contribution in [3.05, 3.63) is 96.1 Å². The number of carbonyl (C=O) groups excluding carboxylic acids is 1. The number of carbonyl (C=O) groups is 1. The van der Waals surface area contributed by atoms with Crippen molar-refractivity contribution in [2.75, 3.05) is 25.5 Å². The number of hydrogen-bond donors (Lipinski definition) is 1. The van der Waals surface area contributed by atoms with Gasteiger partial charge in [0.25, 0.3) is 0 Å². The molecule has 0 heterocycles. The van der Waals surface area contributed by atoms with E-state index in [-0.39, 0.29) is 23.8 Å². The highest BCUT2D eigenvalue weighted by atomic mass is 32.2. The van der Waals surface area contributed by atoms with Crippen molar-refractivity contribution in [3.63, 3.8) is 0 Å². The summed E-state index contributed by atoms with van der Waals surface area (Å²) in [5.41, 5.74) is 2.50. The van der Waals surface area contributed by atoms with Crippen LogP contribution in [0.3, 0.4) is 0 Å². The van der Waals surface area contributed by atoms with Crippen LogP contribution in [0.25, 0.3) is 0 Å². The van der Waals surface area contributed by atoms with E-state index in [0.717, 1.165) is 11.3 Å². The van der Waals surface area contributed by atoms with E-state index >= 15 is 0 Å². The zero-order chi connectivity index (χ0) is 21.6. The lowest BCUT2D eigenvalue weighted by molar-refractivity contribution is -0.120. The molecule has 0 aliphatic carbocycles. The van der Waals surface area contributed by atoms with Gasteiger partial charge in [-0.15, -0.1) is 0 Å². The normalized spacial score (nSPS) is 12.2. The predicted molar refractivity (Wildman–Crippen MR) is 120 cm³/mol. The molecule has 30 heavy (non-hydrogen) atoms. The molecule has 6 heteroatoms. The fourth-order valence-corrected chi connectivity index (χ4v) is 4.90. The molecule has 0 fully saturated rings. The first-order valence-corrected chi connectivity index (χ1v) is 11.3. The van der Waals surface area contributed by atoms with E-state index in [1.54, 1.807) is 30.3 Å². The number of amides is 1. The molecular weight excluding hydrogens is 396 g/mol. The molecule has 0 aliphatic heterocycles. The molecule has 1 atom stereocenters. The Bertz CT molecular complexity index is 1060. The summed E-state index contributed by atoms with van der Waals surface area (Å²) in [4.78, 5) is 14.6. The maximum Gasteiger partial charge on any atom is 0.224 e. The minimum absolute atomic E-state index is 0.00417. The molecule has 0 radical (unpaired) electrons. The summed E-state index contributed by atoms with van der Waals surface area (Å²) in [6.45, 7) is 0.00417. The number of benzene rings is 3. The van der Waals surface area contributed by atoms with Crippen molar-refractivity contribution >= 4 is 21.4 Å². The molecule has 3 rings (SSSR count). The largest absolute Gasteiger partial charge is 0.378 e. The molecule has 0 spiro atoms. The summed E-state index contributed by atoms with van der Waals surface area (Å²) in [6, 6.07) is 25.1. The topological polar surface area (TPSA) is 66.5 Å². The minimum Gasteiger partial charge on any atom is -0.378 e. The highest BCUT2D eigenvalue weighted by Crippen LogP contribution is 2.29. The number of sulfone groups is 1. The Kier molecular flexibility index (Phi) is 6.90. The second kappa shape index (κ2) is 9.59. The van der Waals surface area contributed by atoms with Gasteiger partial charge in [0.2, 0.25) is 5.91 Å². The Hall–Kier alpha value is -3.12. The van der Waals surface area contributed by atoms with Crippen LogP contribution in [-0.4, -0.2) is 35.0 Å². The smallest absolute Gasteiger partial charge is 0.224 e. The maximum atomic E-state index is 13.4. The van der Waals surface area contributed by atoms with Crippen LogP contribution in [0.5, 0.6) is 0 Å². The van der Waals surface area contributed by atoms with Crippen molar-refractivity contribution in [1.82, 2.24) is 5.32 Å². The van der Waals surface area contributed by atoms with E-state index in [1.807, 2.05) is 73.6 Å². The average molecular weight is 423 g/mol. The second-order valence-electron chi connectivity index (χ2n) is 7.30. The summed E-state index contributed by atoms with van der Waals surface area (Å²) in [5, 5.41) is 1.94. The summed E-state index contributed by atoms with van der Waals surface area (Å²) < 4.78 is 26.7.